The number of carboxylic acid groups (broad SMARTS) is 1. The van der Waals surface area contributed by atoms with Gasteiger partial charge >= 0.3 is 5.97 Å². The van der Waals surface area contributed by atoms with E-state index in [-0.39, 0.29) is 11.5 Å². The van der Waals surface area contributed by atoms with Gasteiger partial charge in [0.05, 0.1) is 14.2 Å². The van der Waals surface area contributed by atoms with Crippen molar-refractivity contribution >= 4 is 11.5 Å². The lowest BCUT2D eigenvalue weighted by Gasteiger charge is -2.09. The van der Waals surface area contributed by atoms with Crippen LogP contribution in [0.2, 0.25) is 0 Å². The Hall–Kier alpha value is -1.97. The number of carbonyl (C=O) groups is 1. The van der Waals surface area contributed by atoms with Crippen molar-refractivity contribution in [2.24, 2.45) is 0 Å². The smallest absolute Gasteiger partial charge is 0.343 e. The minimum Gasteiger partial charge on any atom is -0.477 e. The van der Waals surface area contributed by atoms with Gasteiger partial charge in [-0.3, -0.25) is 0 Å². The summed E-state index contributed by atoms with van der Waals surface area (Å²) in [6.07, 6.45) is 0. The van der Waals surface area contributed by atoms with Gasteiger partial charge in [0.1, 0.15) is 5.57 Å². The molecule has 0 aromatic heterocycles. The summed E-state index contributed by atoms with van der Waals surface area (Å²) >= 11 is 0. The van der Waals surface area contributed by atoms with Gasteiger partial charge in [-0.25, -0.2) is 4.79 Å². The predicted octanol–water partition coefficient (Wildman–Crippen LogP) is 1.73. The third kappa shape index (κ3) is 2.49. The summed E-state index contributed by atoms with van der Waals surface area (Å²) in [5.74, 6) is -1.09. The lowest BCUT2D eigenvalue weighted by atomic mass is 10.1. The van der Waals surface area contributed by atoms with Crippen LogP contribution in [0.15, 0.2) is 36.3 Å². The molecule has 1 aromatic carbocycles. The van der Waals surface area contributed by atoms with Crippen LogP contribution in [0.1, 0.15) is 5.56 Å². The first-order valence-corrected chi connectivity index (χ1v) is 4.31. The van der Waals surface area contributed by atoms with E-state index in [1.54, 1.807) is 24.3 Å². The van der Waals surface area contributed by atoms with E-state index in [9.17, 15) is 4.79 Å². The van der Waals surface area contributed by atoms with Crippen molar-refractivity contribution in [2.75, 3.05) is 14.2 Å². The summed E-state index contributed by atoms with van der Waals surface area (Å²) in [5, 5.41) is 9.04. The number of benzene rings is 1. The van der Waals surface area contributed by atoms with Gasteiger partial charge in [-0.15, -0.1) is 0 Å². The molecule has 0 radical (unpaired) electrons. The van der Waals surface area contributed by atoms with Crippen LogP contribution in [0.4, 0.5) is 0 Å². The predicted molar refractivity (Wildman–Crippen MR) is 55.0 cm³/mol. The van der Waals surface area contributed by atoms with Crippen LogP contribution in [-0.4, -0.2) is 25.3 Å². The van der Waals surface area contributed by atoms with E-state index < -0.39 is 5.97 Å². The van der Waals surface area contributed by atoms with E-state index in [1.165, 1.54) is 14.2 Å². The number of rotatable bonds is 4. The summed E-state index contributed by atoms with van der Waals surface area (Å²) in [5.41, 5.74) is 0.560. The molecule has 0 atom stereocenters. The maximum absolute atomic E-state index is 11.0. The normalized spacial score (nSPS) is 9.20. The molecular formula is C11H12O4. The molecule has 0 aliphatic carbocycles. The number of hydrogen-bond donors (Lipinski definition) is 1. The van der Waals surface area contributed by atoms with Gasteiger partial charge in [0, 0.05) is 0 Å². The zero-order valence-corrected chi connectivity index (χ0v) is 8.56. The molecule has 0 spiro atoms. The van der Waals surface area contributed by atoms with Gasteiger partial charge in [-0.1, -0.05) is 30.3 Å². The van der Waals surface area contributed by atoms with Crippen LogP contribution >= 0.6 is 0 Å². The maximum Gasteiger partial charge on any atom is 0.343 e. The average Bonchev–Trinajstić information content (AvgIpc) is 2.26. The molecule has 15 heavy (non-hydrogen) atoms. The Bertz CT molecular complexity index is 361. The highest BCUT2D eigenvalue weighted by molar-refractivity contribution is 6.15. The quantitative estimate of drug-likeness (QED) is 0.604. The Morgan fingerprint density at radius 1 is 1.13 bits per heavy atom. The zero-order valence-electron chi connectivity index (χ0n) is 8.56. The zero-order chi connectivity index (χ0) is 11.3. The molecule has 0 unspecified atom stereocenters. The fraction of sp³-hybridized carbons (Fsp3) is 0.182. The molecule has 80 valence electrons. The SMILES string of the molecule is COC(OC)=C(C(=O)O)c1ccccc1. The van der Waals surface area contributed by atoms with Crippen molar-refractivity contribution in [3.05, 3.63) is 41.8 Å². The molecule has 0 heterocycles. The second-order valence-electron chi connectivity index (χ2n) is 2.74. The molecular weight excluding hydrogens is 196 g/mol. The van der Waals surface area contributed by atoms with Crippen LogP contribution in [0.25, 0.3) is 5.57 Å². The Labute approximate surface area is 87.7 Å². The Morgan fingerprint density at radius 2 is 1.67 bits per heavy atom. The summed E-state index contributed by atoms with van der Waals surface area (Å²) in [7, 11) is 2.73. The number of aliphatic carboxylic acids is 1. The Kier molecular flexibility index (Phi) is 3.74. The highest BCUT2D eigenvalue weighted by Gasteiger charge is 2.18. The fourth-order valence-corrected chi connectivity index (χ4v) is 1.22. The van der Waals surface area contributed by atoms with Gasteiger partial charge in [-0.2, -0.15) is 0 Å². The van der Waals surface area contributed by atoms with Crippen molar-refractivity contribution < 1.29 is 19.4 Å². The van der Waals surface area contributed by atoms with Gasteiger partial charge in [0.15, 0.2) is 0 Å². The minimum absolute atomic E-state index is 0.00583. The first-order chi connectivity index (χ1) is 7.20. The topological polar surface area (TPSA) is 55.8 Å². The van der Waals surface area contributed by atoms with Crippen molar-refractivity contribution in [2.45, 2.75) is 0 Å². The molecule has 4 nitrogen and oxygen atoms in total. The van der Waals surface area contributed by atoms with Crippen LogP contribution in [0.5, 0.6) is 0 Å². The highest BCUT2D eigenvalue weighted by atomic mass is 16.7. The van der Waals surface area contributed by atoms with Crippen LogP contribution in [0, 0.1) is 0 Å². The first-order valence-electron chi connectivity index (χ1n) is 4.31. The first kappa shape index (κ1) is 11.1. The second-order valence-corrected chi connectivity index (χ2v) is 2.74. The van der Waals surface area contributed by atoms with Crippen molar-refractivity contribution in [1.29, 1.82) is 0 Å². The van der Waals surface area contributed by atoms with Gasteiger partial charge in [0.25, 0.3) is 5.95 Å². The lowest BCUT2D eigenvalue weighted by Crippen LogP contribution is -2.06. The summed E-state index contributed by atoms with van der Waals surface area (Å²) in [6, 6.07) is 8.67. The minimum atomic E-state index is -1.08. The highest BCUT2D eigenvalue weighted by Crippen LogP contribution is 2.19. The molecule has 0 saturated carbocycles. The molecule has 0 saturated heterocycles. The third-order valence-corrected chi connectivity index (χ3v) is 1.85. The number of carboxylic acids is 1. The molecule has 0 amide bonds. The lowest BCUT2D eigenvalue weighted by molar-refractivity contribution is -0.130. The van der Waals surface area contributed by atoms with Gasteiger partial charge < -0.3 is 14.6 Å². The molecule has 1 rings (SSSR count). The fourth-order valence-electron chi connectivity index (χ4n) is 1.22. The molecule has 0 fully saturated rings. The van der Waals surface area contributed by atoms with Gasteiger partial charge in [-0.05, 0) is 5.56 Å². The second kappa shape index (κ2) is 5.05. The average molecular weight is 208 g/mol. The van der Waals surface area contributed by atoms with Crippen LogP contribution in [0.3, 0.4) is 0 Å². The van der Waals surface area contributed by atoms with Crippen LogP contribution < -0.4 is 0 Å². The third-order valence-electron chi connectivity index (χ3n) is 1.85. The van der Waals surface area contributed by atoms with Crippen LogP contribution in [-0.2, 0) is 14.3 Å². The van der Waals surface area contributed by atoms with E-state index in [4.69, 9.17) is 14.6 Å². The van der Waals surface area contributed by atoms with Gasteiger partial charge in [0.2, 0.25) is 0 Å². The molecule has 4 heteroatoms. The van der Waals surface area contributed by atoms with E-state index in [1.807, 2.05) is 6.07 Å². The largest absolute Gasteiger partial charge is 0.477 e. The molecule has 0 bridgehead atoms. The molecule has 0 aliphatic rings. The Morgan fingerprint density at radius 3 is 2.07 bits per heavy atom. The van der Waals surface area contributed by atoms with E-state index in [2.05, 4.69) is 0 Å². The van der Waals surface area contributed by atoms with E-state index >= 15 is 0 Å². The summed E-state index contributed by atoms with van der Waals surface area (Å²) < 4.78 is 9.71. The summed E-state index contributed by atoms with van der Waals surface area (Å²) in [4.78, 5) is 11.0. The van der Waals surface area contributed by atoms with Crippen molar-refractivity contribution in [1.82, 2.24) is 0 Å². The molecule has 1 aromatic rings. The Balaban J connectivity index is 3.26. The van der Waals surface area contributed by atoms with E-state index in [0.717, 1.165) is 0 Å². The summed E-state index contributed by atoms with van der Waals surface area (Å²) in [6.45, 7) is 0. The standard InChI is InChI=1S/C11H12O4/c1-14-11(15-2)9(10(12)13)8-6-4-3-5-7-8/h3-7H,1-2H3,(H,12,13). The monoisotopic (exact) mass is 208 g/mol. The number of hydrogen-bond acceptors (Lipinski definition) is 3. The van der Waals surface area contributed by atoms with Crippen molar-refractivity contribution in [3.8, 4) is 0 Å². The van der Waals surface area contributed by atoms with E-state index in [0.29, 0.717) is 5.56 Å². The van der Waals surface area contributed by atoms with Crippen molar-refractivity contribution in [3.63, 3.8) is 0 Å². The maximum atomic E-state index is 11.0. The molecule has 0 aliphatic heterocycles. The number of methoxy groups -OCH3 is 2. The number of ether oxygens (including phenoxy) is 2. The molecule has 1 N–H and O–H groups in total.